The zero-order chi connectivity index (χ0) is 23.8. The summed E-state index contributed by atoms with van der Waals surface area (Å²) in [4.78, 5) is 18.6. The molecule has 0 radical (unpaired) electrons. The van der Waals surface area contributed by atoms with E-state index in [4.69, 9.17) is 9.15 Å². The molecule has 1 unspecified atom stereocenters. The molecule has 0 aliphatic rings. The maximum Gasteiger partial charge on any atom is 0.298 e. The molecule has 1 atom stereocenters. The second kappa shape index (κ2) is 11.5. The summed E-state index contributed by atoms with van der Waals surface area (Å²) in [7, 11) is 1.94. The second-order valence-electron chi connectivity index (χ2n) is 8.77. The number of ketones is 1. The molecular weight excluding hydrogens is 424 g/mol. The molecule has 5 nitrogen and oxygen atoms in total. The van der Waals surface area contributed by atoms with Crippen molar-refractivity contribution in [3.8, 4) is 5.75 Å². The fraction of sp³-hybridized carbons (Fsp3) is 0.310. The van der Waals surface area contributed by atoms with Gasteiger partial charge >= 0.3 is 0 Å². The van der Waals surface area contributed by atoms with Crippen molar-refractivity contribution in [2.75, 3.05) is 25.1 Å². The van der Waals surface area contributed by atoms with Crippen LogP contribution in [0.4, 0.5) is 6.01 Å². The molecule has 34 heavy (non-hydrogen) atoms. The van der Waals surface area contributed by atoms with E-state index >= 15 is 0 Å². The van der Waals surface area contributed by atoms with Gasteiger partial charge in [-0.3, -0.25) is 4.79 Å². The highest BCUT2D eigenvalue weighted by atomic mass is 16.5. The third kappa shape index (κ3) is 6.47. The quantitative estimate of drug-likeness (QED) is 0.257. The highest BCUT2D eigenvalue weighted by molar-refractivity contribution is 5.78. The van der Waals surface area contributed by atoms with Gasteiger partial charge in [-0.05, 0) is 68.0 Å². The van der Waals surface area contributed by atoms with Crippen LogP contribution < -0.4 is 9.64 Å². The van der Waals surface area contributed by atoms with Crippen LogP contribution in [0.5, 0.6) is 5.75 Å². The molecule has 0 amide bonds. The number of ether oxygens (including phenoxy) is 1. The number of aryl methyl sites for hydroxylation is 1. The second-order valence-corrected chi connectivity index (χ2v) is 8.77. The Morgan fingerprint density at radius 3 is 2.44 bits per heavy atom. The van der Waals surface area contributed by atoms with E-state index in [9.17, 15) is 4.79 Å². The number of rotatable bonds is 12. The highest BCUT2D eigenvalue weighted by Gasteiger charge is 2.15. The van der Waals surface area contributed by atoms with Gasteiger partial charge in [0.1, 0.15) is 23.7 Å². The number of nitrogens with zero attached hydrogens (tertiary/aromatic N) is 2. The summed E-state index contributed by atoms with van der Waals surface area (Å²) in [5.41, 5.74) is 4.12. The van der Waals surface area contributed by atoms with Crippen molar-refractivity contribution in [3.63, 3.8) is 0 Å². The number of likely N-dealkylation sites (N-methyl/N-ethyl adjacent to an activating group) is 1. The maximum absolute atomic E-state index is 12.2. The Morgan fingerprint density at radius 2 is 1.71 bits per heavy atom. The van der Waals surface area contributed by atoms with Gasteiger partial charge in [0, 0.05) is 13.0 Å². The van der Waals surface area contributed by atoms with Gasteiger partial charge in [0.15, 0.2) is 5.58 Å². The van der Waals surface area contributed by atoms with E-state index in [-0.39, 0.29) is 11.7 Å². The molecule has 0 saturated carbocycles. The monoisotopic (exact) mass is 456 g/mol. The lowest BCUT2D eigenvalue weighted by Crippen LogP contribution is -2.23. The summed E-state index contributed by atoms with van der Waals surface area (Å²) in [5, 5.41) is 0. The minimum absolute atomic E-state index is 0.0560. The summed E-state index contributed by atoms with van der Waals surface area (Å²) < 4.78 is 11.7. The van der Waals surface area contributed by atoms with Crippen LogP contribution in [-0.4, -0.2) is 31.0 Å². The van der Waals surface area contributed by atoms with Gasteiger partial charge in [-0.15, -0.1) is 0 Å². The van der Waals surface area contributed by atoms with E-state index in [2.05, 4.69) is 41.4 Å². The van der Waals surface area contributed by atoms with Crippen molar-refractivity contribution in [1.29, 1.82) is 0 Å². The first kappa shape index (κ1) is 23.6. The number of carbonyl (C=O) groups excluding carboxylic acids is 1. The number of Topliss-reactive ketones (excluding diaryl/α,β-unsaturated/α-hetero) is 1. The molecule has 0 bridgehead atoms. The van der Waals surface area contributed by atoms with Crippen molar-refractivity contribution < 1.29 is 13.9 Å². The Balaban J connectivity index is 1.23. The molecule has 0 fully saturated rings. The third-order valence-electron chi connectivity index (χ3n) is 6.15. The number of fused-ring (bicyclic) bond motifs is 1. The zero-order valence-electron chi connectivity index (χ0n) is 19.9. The Kier molecular flexibility index (Phi) is 7.97. The Bertz CT molecular complexity index is 1150. The number of anilines is 1. The molecular formula is C29H32N2O3. The molecule has 1 aromatic heterocycles. The smallest absolute Gasteiger partial charge is 0.298 e. The molecule has 0 saturated heterocycles. The molecule has 0 aliphatic carbocycles. The molecule has 0 aliphatic heterocycles. The number of para-hydroxylation sites is 2. The maximum atomic E-state index is 12.2. The van der Waals surface area contributed by atoms with Gasteiger partial charge in [-0.2, -0.15) is 4.98 Å². The van der Waals surface area contributed by atoms with E-state index in [1.165, 1.54) is 5.56 Å². The van der Waals surface area contributed by atoms with Gasteiger partial charge in [0.2, 0.25) is 0 Å². The van der Waals surface area contributed by atoms with Crippen LogP contribution in [0.2, 0.25) is 0 Å². The van der Waals surface area contributed by atoms with Gasteiger partial charge < -0.3 is 14.1 Å². The normalized spacial score (nSPS) is 11.9. The summed E-state index contributed by atoms with van der Waals surface area (Å²) in [6, 6.07) is 26.9. The molecule has 3 aromatic carbocycles. The number of oxazole rings is 1. The minimum Gasteiger partial charge on any atom is -0.492 e. The Morgan fingerprint density at radius 1 is 0.971 bits per heavy atom. The molecule has 5 heteroatoms. The first-order chi connectivity index (χ1) is 16.6. The number of carbonyl (C=O) groups is 1. The Hall–Kier alpha value is -3.60. The topological polar surface area (TPSA) is 55.6 Å². The number of hydrogen-bond acceptors (Lipinski definition) is 5. The van der Waals surface area contributed by atoms with E-state index < -0.39 is 0 Å². The molecule has 176 valence electrons. The van der Waals surface area contributed by atoms with E-state index in [0.717, 1.165) is 48.1 Å². The van der Waals surface area contributed by atoms with Crippen molar-refractivity contribution in [2.24, 2.45) is 5.92 Å². The van der Waals surface area contributed by atoms with Crippen LogP contribution in [-0.2, 0) is 17.6 Å². The van der Waals surface area contributed by atoms with Crippen molar-refractivity contribution in [1.82, 2.24) is 4.98 Å². The fourth-order valence-corrected chi connectivity index (χ4v) is 4.07. The SMILES string of the molecule is CC(=O)C(CCCc1ccccc1)Cc1ccc(OCCN(C)c2nc3ccccc3o2)cc1. The van der Waals surface area contributed by atoms with Crippen molar-refractivity contribution in [3.05, 3.63) is 90.0 Å². The summed E-state index contributed by atoms with van der Waals surface area (Å²) >= 11 is 0. The third-order valence-corrected chi connectivity index (χ3v) is 6.15. The molecule has 1 heterocycles. The Labute approximate surface area is 201 Å². The summed E-state index contributed by atoms with van der Waals surface area (Å²) in [5.74, 6) is 1.13. The molecule has 4 aromatic rings. The molecule has 4 rings (SSSR count). The fourth-order valence-electron chi connectivity index (χ4n) is 4.07. The largest absolute Gasteiger partial charge is 0.492 e. The lowest BCUT2D eigenvalue weighted by molar-refractivity contribution is -0.120. The zero-order valence-corrected chi connectivity index (χ0v) is 19.9. The molecule has 0 N–H and O–H groups in total. The van der Waals surface area contributed by atoms with Crippen molar-refractivity contribution in [2.45, 2.75) is 32.6 Å². The minimum atomic E-state index is 0.0560. The van der Waals surface area contributed by atoms with Gasteiger partial charge in [0.05, 0.1) is 6.54 Å². The number of aromatic nitrogens is 1. The predicted molar refractivity (Wildman–Crippen MR) is 136 cm³/mol. The van der Waals surface area contributed by atoms with Crippen molar-refractivity contribution >= 4 is 22.9 Å². The number of benzene rings is 3. The standard InChI is InChI=1S/C29H32N2O3/c1-22(32)25(12-8-11-23-9-4-3-5-10-23)21-24-15-17-26(18-16-24)33-20-19-31(2)29-30-27-13-6-7-14-28(27)34-29/h3-7,9-10,13-18,25H,8,11-12,19-21H2,1-2H3. The predicted octanol–water partition coefficient (Wildman–Crippen LogP) is 6.11. The van der Waals surface area contributed by atoms with Gasteiger partial charge in [0.25, 0.3) is 6.01 Å². The number of hydrogen-bond donors (Lipinski definition) is 0. The van der Waals surface area contributed by atoms with Crippen LogP contribution >= 0.6 is 0 Å². The average Bonchev–Trinajstić information content (AvgIpc) is 3.29. The first-order valence-electron chi connectivity index (χ1n) is 11.9. The van der Waals surface area contributed by atoms with Crippen LogP contribution in [0.1, 0.15) is 30.9 Å². The highest BCUT2D eigenvalue weighted by Crippen LogP contribution is 2.22. The van der Waals surface area contributed by atoms with Crippen LogP contribution in [0.25, 0.3) is 11.1 Å². The van der Waals surface area contributed by atoms with Crippen LogP contribution in [0, 0.1) is 5.92 Å². The van der Waals surface area contributed by atoms with Gasteiger partial charge in [-0.25, -0.2) is 0 Å². The van der Waals surface area contributed by atoms with Crippen LogP contribution in [0.3, 0.4) is 0 Å². The van der Waals surface area contributed by atoms with E-state index in [0.29, 0.717) is 19.2 Å². The van der Waals surface area contributed by atoms with E-state index in [1.807, 2.05) is 54.4 Å². The lowest BCUT2D eigenvalue weighted by Gasteiger charge is -2.16. The van der Waals surface area contributed by atoms with Gasteiger partial charge in [-0.1, -0.05) is 54.6 Å². The van der Waals surface area contributed by atoms with E-state index in [1.54, 1.807) is 6.92 Å². The summed E-state index contributed by atoms with van der Waals surface area (Å²) in [6.45, 7) is 2.88. The first-order valence-corrected chi connectivity index (χ1v) is 11.9. The lowest BCUT2D eigenvalue weighted by atomic mass is 9.90. The average molecular weight is 457 g/mol. The molecule has 0 spiro atoms. The van der Waals surface area contributed by atoms with Crippen LogP contribution in [0.15, 0.2) is 83.3 Å². The summed E-state index contributed by atoms with van der Waals surface area (Å²) in [6.07, 6.45) is 3.70.